The van der Waals surface area contributed by atoms with Crippen molar-refractivity contribution < 1.29 is 9.90 Å². The van der Waals surface area contributed by atoms with Crippen molar-refractivity contribution >= 4 is 32.8 Å². The van der Waals surface area contributed by atoms with E-state index >= 15 is 0 Å². The molecular weight excluding hydrogens is 354 g/mol. The Morgan fingerprint density at radius 1 is 1.22 bits per heavy atom. The lowest BCUT2D eigenvalue weighted by molar-refractivity contribution is -0.136. The SMILES string of the molecule is CC(C)c1ccc2[nH]c(-c3ccccc3Br)c(CC(=O)O)c2c1. The summed E-state index contributed by atoms with van der Waals surface area (Å²) in [4.78, 5) is 14.8. The number of nitrogens with one attached hydrogen (secondary N) is 1. The molecule has 3 nitrogen and oxygen atoms in total. The molecule has 0 aliphatic rings. The molecule has 0 aliphatic heterocycles. The lowest BCUT2D eigenvalue weighted by Crippen LogP contribution is -2.01. The number of halogens is 1. The molecular formula is C19H18BrNO2. The van der Waals surface area contributed by atoms with Crippen LogP contribution in [0.1, 0.15) is 30.9 Å². The zero-order chi connectivity index (χ0) is 16.6. The minimum Gasteiger partial charge on any atom is -0.481 e. The van der Waals surface area contributed by atoms with Gasteiger partial charge in [0.05, 0.1) is 12.1 Å². The van der Waals surface area contributed by atoms with Crippen LogP contribution in [-0.4, -0.2) is 16.1 Å². The maximum absolute atomic E-state index is 11.4. The Bertz CT molecular complexity index is 880. The Hall–Kier alpha value is -2.07. The number of aromatic amines is 1. The second-order valence-electron chi connectivity index (χ2n) is 5.99. The van der Waals surface area contributed by atoms with Crippen LogP contribution in [0.15, 0.2) is 46.9 Å². The molecule has 0 aliphatic carbocycles. The molecule has 2 aromatic carbocycles. The number of carboxylic acids is 1. The van der Waals surface area contributed by atoms with E-state index in [0.717, 1.165) is 32.2 Å². The number of hydrogen-bond acceptors (Lipinski definition) is 1. The Kier molecular flexibility index (Phi) is 4.26. The highest BCUT2D eigenvalue weighted by Gasteiger charge is 2.18. The summed E-state index contributed by atoms with van der Waals surface area (Å²) in [7, 11) is 0. The predicted molar refractivity (Wildman–Crippen MR) is 96.9 cm³/mol. The molecule has 0 atom stereocenters. The van der Waals surface area contributed by atoms with Crippen LogP contribution in [0.25, 0.3) is 22.2 Å². The lowest BCUT2D eigenvalue weighted by atomic mass is 9.98. The van der Waals surface area contributed by atoms with Crippen molar-refractivity contribution in [2.24, 2.45) is 0 Å². The summed E-state index contributed by atoms with van der Waals surface area (Å²) in [6, 6.07) is 14.1. The van der Waals surface area contributed by atoms with Gasteiger partial charge >= 0.3 is 5.97 Å². The molecule has 3 rings (SSSR count). The zero-order valence-electron chi connectivity index (χ0n) is 13.1. The van der Waals surface area contributed by atoms with E-state index in [4.69, 9.17) is 0 Å². The summed E-state index contributed by atoms with van der Waals surface area (Å²) in [6.07, 6.45) is -0.00177. The van der Waals surface area contributed by atoms with Crippen molar-refractivity contribution in [1.82, 2.24) is 4.98 Å². The summed E-state index contributed by atoms with van der Waals surface area (Å²) in [5.74, 6) is -0.423. The van der Waals surface area contributed by atoms with Crippen LogP contribution in [0.3, 0.4) is 0 Å². The third-order valence-electron chi connectivity index (χ3n) is 4.07. The number of aliphatic carboxylic acids is 1. The average molecular weight is 372 g/mol. The van der Waals surface area contributed by atoms with Crippen LogP contribution < -0.4 is 0 Å². The zero-order valence-corrected chi connectivity index (χ0v) is 14.6. The van der Waals surface area contributed by atoms with Gasteiger partial charge in [-0.05, 0) is 35.2 Å². The van der Waals surface area contributed by atoms with Crippen LogP contribution in [0, 0.1) is 0 Å². The van der Waals surface area contributed by atoms with Gasteiger partial charge in [0, 0.05) is 20.9 Å². The summed E-state index contributed by atoms with van der Waals surface area (Å²) >= 11 is 3.56. The number of fused-ring (bicyclic) bond motifs is 1. The lowest BCUT2D eigenvalue weighted by Gasteiger charge is -2.07. The van der Waals surface area contributed by atoms with Gasteiger partial charge in [-0.2, -0.15) is 0 Å². The first-order valence-electron chi connectivity index (χ1n) is 7.58. The maximum atomic E-state index is 11.4. The van der Waals surface area contributed by atoms with E-state index in [2.05, 4.69) is 46.9 Å². The molecule has 0 saturated heterocycles. The van der Waals surface area contributed by atoms with Gasteiger partial charge in [-0.15, -0.1) is 0 Å². The number of hydrogen-bond donors (Lipinski definition) is 2. The number of rotatable bonds is 4. The average Bonchev–Trinajstić information content (AvgIpc) is 2.85. The quantitative estimate of drug-likeness (QED) is 0.649. The van der Waals surface area contributed by atoms with Gasteiger partial charge in [0.1, 0.15) is 0 Å². The number of carboxylic acid groups (broad SMARTS) is 1. The first-order chi connectivity index (χ1) is 11.0. The highest BCUT2D eigenvalue weighted by Crippen LogP contribution is 2.35. The summed E-state index contributed by atoms with van der Waals surface area (Å²) in [5.41, 5.74) is 4.86. The fraction of sp³-hybridized carbons (Fsp3) is 0.211. The van der Waals surface area contributed by atoms with E-state index in [9.17, 15) is 9.90 Å². The molecule has 0 unspecified atom stereocenters. The molecule has 0 radical (unpaired) electrons. The van der Waals surface area contributed by atoms with E-state index in [-0.39, 0.29) is 6.42 Å². The maximum Gasteiger partial charge on any atom is 0.307 e. The van der Waals surface area contributed by atoms with Crippen LogP contribution in [0.4, 0.5) is 0 Å². The molecule has 0 bridgehead atoms. The van der Waals surface area contributed by atoms with E-state index in [1.54, 1.807) is 0 Å². The van der Waals surface area contributed by atoms with Gasteiger partial charge in [-0.25, -0.2) is 0 Å². The van der Waals surface area contributed by atoms with Crippen molar-refractivity contribution in [2.75, 3.05) is 0 Å². The summed E-state index contributed by atoms with van der Waals surface area (Å²) < 4.78 is 0.947. The molecule has 3 aromatic rings. The van der Waals surface area contributed by atoms with Crippen molar-refractivity contribution in [3.8, 4) is 11.3 Å². The monoisotopic (exact) mass is 371 g/mol. The van der Waals surface area contributed by atoms with Gasteiger partial charge in [0.2, 0.25) is 0 Å². The minimum atomic E-state index is -0.825. The highest BCUT2D eigenvalue weighted by molar-refractivity contribution is 9.10. The van der Waals surface area contributed by atoms with Gasteiger partial charge in [0.15, 0.2) is 0 Å². The topological polar surface area (TPSA) is 53.1 Å². The molecule has 0 spiro atoms. The third-order valence-corrected chi connectivity index (χ3v) is 4.76. The predicted octanol–water partition coefficient (Wildman–Crippen LogP) is 5.35. The number of benzene rings is 2. The number of H-pyrrole nitrogens is 1. The fourth-order valence-corrected chi connectivity index (χ4v) is 3.34. The smallest absolute Gasteiger partial charge is 0.307 e. The molecule has 2 N–H and O–H groups in total. The van der Waals surface area contributed by atoms with Gasteiger partial charge in [-0.1, -0.05) is 54.0 Å². The van der Waals surface area contributed by atoms with E-state index in [1.807, 2.05) is 30.3 Å². The largest absolute Gasteiger partial charge is 0.481 e. The minimum absolute atomic E-state index is 0.00177. The van der Waals surface area contributed by atoms with Crippen LogP contribution in [0.2, 0.25) is 0 Å². The molecule has 0 amide bonds. The van der Waals surface area contributed by atoms with Crippen molar-refractivity contribution in [3.05, 3.63) is 58.1 Å². The van der Waals surface area contributed by atoms with E-state index < -0.39 is 5.97 Å². The highest BCUT2D eigenvalue weighted by atomic mass is 79.9. The Morgan fingerprint density at radius 3 is 2.61 bits per heavy atom. The Morgan fingerprint density at radius 2 is 1.96 bits per heavy atom. The summed E-state index contributed by atoms with van der Waals surface area (Å²) in [5, 5.41) is 10.3. The molecule has 23 heavy (non-hydrogen) atoms. The molecule has 4 heteroatoms. The second-order valence-corrected chi connectivity index (χ2v) is 6.84. The third kappa shape index (κ3) is 3.04. The number of carbonyl (C=O) groups is 1. The first-order valence-corrected chi connectivity index (χ1v) is 8.38. The van der Waals surface area contributed by atoms with Crippen molar-refractivity contribution in [1.29, 1.82) is 0 Å². The van der Waals surface area contributed by atoms with Crippen LogP contribution >= 0.6 is 15.9 Å². The van der Waals surface area contributed by atoms with Gasteiger partial charge in [0.25, 0.3) is 0 Å². The fourth-order valence-electron chi connectivity index (χ4n) is 2.85. The molecule has 0 fully saturated rings. The van der Waals surface area contributed by atoms with Crippen LogP contribution in [0.5, 0.6) is 0 Å². The normalized spacial score (nSPS) is 11.3. The van der Waals surface area contributed by atoms with E-state index in [1.165, 1.54) is 5.56 Å². The van der Waals surface area contributed by atoms with Crippen LogP contribution in [-0.2, 0) is 11.2 Å². The Labute approximate surface area is 143 Å². The molecule has 1 aromatic heterocycles. The Balaban J connectivity index is 2.29. The second kappa shape index (κ2) is 6.20. The molecule has 0 saturated carbocycles. The van der Waals surface area contributed by atoms with Crippen molar-refractivity contribution in [2.45, 2.75) is 26.2 Å². The van der Waals surface area contributed by atoms with Crippen molar-refractivity contribution in [3.63, 3.8) is 0 Å². The van der Waals surface area contributed by atoms with E-state index in [0.29, 0.717) is 5.92 Å². The first kappa shape index (κ1) is 15.8. The standard InChI is InChI=1S/C19H18BrNO2/c1-11(2)12-7-8-17-14(9-12)15(10-18(22)23)19(21-17)13-5-3-4-6-16(13)20/h3-9,11,21H,10H2,1-2H3,(H,22,23). The number of aromatic nitrogens is 1. The molecule has 118 valence electrons. The molecule has 1 heterocycles. The van der Waals surface area contributed by atoms with Gasteiger partial charge in [-0.3, -0.25) is 4.79 Å². The van der Waals surface area contributed by atoms with Gasteiger partial charge < -0.3 is 10.1 Å². The summed E-state index contributed by atoms with van der Waals surface area (Å²) in [6.45, 7) is 4.28.